The third-order valence-electron chi connectivity index (χ3n) is 10.9. The molecule has 232 valence electrons. The minimum Gasteiger partial charge on any atom is -0.292 e. The molecule has 6 aromatic carbocycles. The molecule has 0 saturated carbocycles. The number of benzene rings is 6. The Hall–Kier alpha value is -6.58. The van der Waals surface area contributed by atoms with Gasteiger partial charge in [-0.3, -0.25) is 9.55 Å². The van der Waals surface area contributed by atoms with Crippen molar-refractivity contribution in [3.05, 3.63) is 197 Å². The Bertz CT molecular complexity index is 2880. The molecule has 3 nitrogen and oxygen atoms in total. The van der Waals surface area contributed by atoms with Crippen molar-refractivity contribution in [3.8, 4) is 28.1 Å². The van der Waals surface area contributed by atoms with Gasteiger partial charge in [0.25, 0.3) is 0 Å². The van der Waals surface area contributed by atoms with E-state index in [-0.39, 0.29) is 0 Å². The minimum absolute atomic E-state index is 0.498. The van der Waals surface area contributed by atoms with E-state index in [1.54, 1.807) is 0 Å². The van der Waals surface area contributed by atoms with Crippen molar-refractivity contribution < 1.29 is 0 Å². The van der Waals surface area contributed by atoms with Gasteiger partial charge in [-0.2, -0.15) is 0 Å². The maximum Gasteiger partial charge on any atom is 0.137 e. The predicted molar refractivity (Wildman–Crippen MR) is 206 cm³/mol. The number of nitrogens with zero attached hydrogens (tertiary/aromatic N) is 3. The number of hydrogen-bond acceptors (Lipinski definition) is 2. The predicted octanol–water partition coefficient (Wildman–Crippen LogP) is 11.2. The highest BCUT2D eigenvalue weighted by Crippen LogP contribution is 2.60. The largest absolute Gasteiger partial charge is 0.292 e. The minimum atomic E-state index is -0.498. The topological polar surface area (TPSA) is 30.7 Å². The summed E-state index contributed by atoms with van der Waals surface area (Å²) in [6.07, 6.45) is 8.33. The number of aromatic nitrogens is 3. The molecule has 9 aromatic rings. The van der Waals surface area contributed by atoms with Gasteiger partial charge in [0.05, 0.1) is 22.0 Å². The van der Waals surface area contributed by atoms with Crippen LogP contribution in [0.5, 0.6) is 0 Å². The average molecular weight is 636 g/mol. The van der Waals surface area contributed by atoms with Crippen LogP contribution in [0.1, 0.15) is 33.4 Å². The Balaban J connectivity index is 1.21. The van der Waals surface area contributed by atoms with Crippen molar-refractivity contribution in [2.24, 2.45) is 0 Å². The molecule has 0 saturated heterocycles. The molecule has 1 spiro atoms. The van der Waals surface area contributed by atoms with Crippen molar-refractivity contribution in [1.29, 1.82) is 0 Å². The number of fused-ring (bicyclic) bond motifs is 14. The lowest BCUT2D eigenvalue weighted by atomic mass is 9.65. The molecule has 11 rings (SSSR count). The van der Waals surface area contributed by atoms with E-state index in [9.17, 15) is 0 Å². The summed E-state index contributed by atoms with van der Waals surface area (Å²) in [5.41, 5.74) is 15.4. The monoisotopic (exact) mass is 635 g/mol. The van der Waals surface area contributed by atoms with Crippen LogP contribution in [0.15, 0.2) is 164 Å². The van der Waals surface area contributed by atoms with Gasteiger partial charge in [0.2, 0.25) is 0 Å². The fourth-order valence-corrected chi connectivity index (χ4v) is 8.89. The summed E-state index contributed by atoms with van der Waals surface area (Å²) in [5, 5.41) is 3.67. The van der Waals surface area contributed by atoms with Crippen molar-refractivity contribution in [3.63, 3.8) is 0 Å². The van der Waals surface area contributed by atoms with Gasteiger partial charge in [0.15, 0.2) is 0 Å². The molecule has 3 heterocycles. The zero-order valence-corrected chi connectivity index (χ0v) is 27.1. The van der Waals surface area contributed by atoms with Gasteiger partial charge in [-0.25, -0.2) is 4.98 Å². The summed E-state index contributed by atoms with van der Waals surface area (Å²) in [6.45, 7) is 0. The van der Waals surface area contributed by atoms with Crippen LogP contribution >= 0.6 is 0 Å². The smallest absolute Gasteiger partial charge is 0.137 e. The third-order valence-corrected chi connectivity index (χ3v) is 10.9. The maximum absolute atomic E-state index is 4.87. The average Bonchev–Trinajstić information content (AvgIpc) is 3.62. The second kappa shape index (κ2) is 10.2. The molecule has 1 unspecified atom stereocenters. The molecule has 0 N–H and O–H groups in total. The zero-order valence-electron chi connectivity index (χ0n) is 27.1. The summed E-state index contributed by atoms with van der Waals surface area (Å²) in [5.74, 6) is 0.886. The maximum atomic E-state index is 4.87. The number of rotatable bonds is 2. The molecule has 0 amide bonds. The molecule has 3 aromatic heterocycles. The Labute approximate surface area is 289 Å². The van der Waals surface area contributed by atoms with Crippen LogP contribution in [-0.4, -0.2) is 14.5 Å². The molecular formula is C47H29N3. The van der Waals surface area contributed by atoms with Crippen molar-refractivity contribution >= 4 is 44.9 Å². The molecule has 0 aliphatic heterocycles. The van der Waals surface area contributed by atoms with E-state index in [1.165, 1.54) is 60.8 Å². The molecule has 2 aliphatic rings. The molecule has 3 heteroatoms. The highest BCUT2D eigenvalue weighted by atomic mass is 15.1. The number of hydrogen-bond donors (Lipinski definition) is 0. The standard InChI is InChI=1S/C47H29N3/c1-3-12-35-30(10-1)22-24-40-45(35)36-13-4-6-15-39(36)47(40)38-14-5-2-11-31(38)18-19-32-20-21-34(29-41(32)47)33-23-25-42-37(28-33)46-43(16-9-27-49-46)50(42)44-17-7-8-26-48-44/h1-29H. The molecule has 50 heavy (non-hydrogen) atoms. The Morgan fingerprint density at radius 2 is 1.22 bits per heavy atom. The van der Waals surface area contributed by atoms with Crippen LogP contribution in [0.4, 0.5) is 0 Å². The number of pyridine rings is 2. The molecular weight excluding hydrogens is 607 g/mol. The van der Waals surface area contributed by atoms with Crippen LogP contribution in [0, 0.1) is 0 Å². The summed E-state index contributed by atoms with van der Waals surface area (Å²) in [4.78, 5) is 9.58. The van der Waals surface area contributed by atoms with Crippen LogP contribution < -0.4 is 0 Å². The summed E-state index contributed by atoms with van der Waals surface area (Å²) >= 11 is 0. The van der Waals surface area contributed by atoms with E-state index in [0.717, 1.165) is 33.3 Å². The fourth-order valence-electron chi connectivity index (χ4n) is 8.89. The lowest BCUT2D eigenvalue weighted by molar-refractivity contribution is 0.767. The molecule has 1 atom stereocenters. The van der Waals surface area contributed by atoms with E-state index in [2.05, 4.69) is 150 Å². The molecule has 0 fully saturated rings. The van der Waals surface area contributed by atoms with E-state index in [0.29, 0.717) is 0 Å². The highest BCUT2D eigenvalue weighted by Gasteiger charge is 2.49. The third kappa shape index (κ3) is 3.58. The summed E-state index contributed by atoms with van der Waals surface area (Å²) < 4.78 is 2.21. The highest BCUT2D eigenvalue weighted by molar-refractivity contribution is 6.09. The molecule has 0 bridgehead atoms. The van der Waals surface area contributed by atoms with E-state index in [1.807, 2.05) is 30.6 Å². The first kappa shape index (κ1) is 27.4. The first-order valence-corrected chi connectivity index (χ1v) is 17.2. The second-order valence-corrected chi connectivity index (χ2v) is 13.4. The fraction of sp³-hybridized carbons (Fsp3) is 0.0213. The van der Waals surface area contributed by atoms with Crippen LogP contribution in [0.25, 0.3) is 72.9 Å². The lowest BCUT2D eigenvalue weighted by Crippen LogP contribution is -2.30. The second-order valence-electron chi connectivity index (χ2n) is 13.4. The Kier molecular flexibility index (Phi) is 5.59. The van der Waals surface area contributed by atoms with E-state index in [4.69, 9.17) is 9.97 Å². The van der Waals surface area contributed by atoms with Crippen molar-refractivity contribution in [2.75, 3.05) is 0 Å². The Morgan fingerprint density at radius 3 is 2.14 bits per heavy atom. The van der Waals surface area contributed by atoms with Crippen molar-refractivity contribution in [2.45, 2.75) is 5.41 Å². The SMILES string of the molecule is C1=Cc2ccc(-c3ccc4c(c3)c3ncccc3n4-c3ccccn3)cc2C2(c3ccccc31)c1ccccc1-c1c2ccc2ccccc12. The van der Waals surface area contributed by atoms with Gasteiger partial charge in [0.1, 0.15) is 5.82 Å². The Morgan fingerprint density at radius 1 is 0.460 bits per heavy atom. The van der Waals surface area contributed by atoms with Crippen molar-refractivity contribution in [1.82, 2.24) is 14.5 Å². The van der Waals surface area contributed by atoms with Crippen LogP contribution in [-0.2, 0) is 5.41 Å². The quantitative estimate of drug-likeness (QED) is 0.189. The van der Waals surface area contributed by atoms with Gasteiger partial charge in [-0.05, 0) is 109 Å². The van der Waals surface area contributed by atoms with Crippen LogP contribution in [0.2, 0.25) is 0 Å². The van der Waals surface area contributed by atoms with Gasteiger partial charge in [0, 0.05) is 17.8 Å². The normalized spacial score (nSPS) is 15.6. The van der Waals surface area contributed by atoms with Crippen LogP contribution in [0.3, 0.4) is 0 Å². The van der Waals surface area contributed by atoms with Gasteiger partial charge in [-0.1, -0.05) is 121 Å². The zero-order chi connectivity index (χ0) is 32.8. The summed E-state index contributed by atoms with van der Waals surface area (Å²) in [7, 11) is 0. The first-order chi connectivity index (χ1) is 24.8. The van der Waals surface area contributed by atoms with E-state index >= 15 is 0 Å². The first-order valence-electron chi connectivity index (χ1n) is 17.2. The van der Waals surface area contributed by atoms with Gasteiger partial charge < -0.3 is 0 Å². The molecule has 0 radical (unpaired) electrons. The molecule has 2 aliphatic carbocycles. The lowest BCUT2D eigenvalue weighted by Gasteiger charge is -2.35. The van der Waals surface area contributed by atoms with Gasteiger partial charge in [-0.15, -0.1) is 0 Å². The van der Waals surface area contributed by atoms with E-state index < -0.39 is 5.41 Å². The van der Waals surface area contributed by atoms with Gasteiger partial charge >= 0.3 is 0 Å². The summed E-state index contributed by atoms with van der Waals surface area (Å²) in [6, 6.07) is 55.5.